The number of carbonyl (C=O) groups is 1. The molecule has 0 aliphatic heterocycles. The molecule has 1 rings (SSSR count). The van der Waals surface area contributed by atoms with E-state index >= 15 is 0 Å². The summed E-state index contributed by atoms with van der Waals surface area (Å²) < 4.78 is 0. The minimum Gasteiger partial charge on any atom is -0.355 e. The first kappa shape index (κ1) is 15.5. The second-order valence-electron chi connectivity index (χ2n) is 5.52. The van der Waals surface area contributed by atoms with E-state index in [0.717, 1.165) is 44.8 Å². The maximum atomic E-state index is 12.1. The minimum absolute atomic E-state index is 0.250. The largest absolute Gasteiger partial charge is 0.355 e. The number of nitrogens with one attached hydrogen (secondary N) is 2. The molecule has 0 aromatic rings. The topological polar surface area (TPSA) is 41.1 Å². The Kier molecular flexibility index (Phi) is 8.06. The van der Waals surface area contributed by atoms with Crippen LogP contribution in [0.5, 0.6) is 0 Å². The molecule has 0 spiro atoms. The van der Waals surface area contributed by atoms with Crippen molar-refractivity contribution in [2.24, 2.45) is 11.8 Å². The van der Waals surface area contributed by atoms with Crippen molar-refractivity contribution < 1.29 is 4.79 Å². The standard InChI is InChI=1S/C15H30N2O/c1-3-7-14(12-13-8-5-6-9-13)15(18)17-11-10-16-4-2/h13-14,16H,3-12H2,1-2H3,(H,17,18). The average Bonchev–Trinajstić information content (AvgIpc) is 2.87. The van der Waals surface area contributed by atoms with Gasteiger partial charge in [-0.2, -0.15) is 0 Å². The molecule has 106 valence electrons. The van der Waals surface area contributed by atoms with Gasteiger partial charge in [0.05, 0.1) is 0 Å². The molecule has 1 aliphatic carbocycles. The Morgan fingerprint density at radius 3 is 2.56 bits per heavy atom. The summed E-state index contributed by atoms with van der Waals surface area (Å²) in [6.07, 6.45) is 8.68. The Labute approximate surface area is 112 Å². The number of likely N-dealkylation sites (N-methyl/N-ethyl adjacent to an activating group) is 1. The predicted octanol–water partition coefficient (Wildman–Crippen LogP) is 2.71. The zero-order valence-electron chi connectivity index (χ0n) is 12.1. The molecule has 1 aliphatic rings. The monoisotopic (exact) mass is 254 g/mol. The molecule has 2 N–H and O–H groups in total. The Morgan fingerprint density at radius 2 is 1.94 bits per heavy atom. The molecule has 0 aromatic carbocycles. The van der Waals surface area contributed by atoms with E-state index in [0.29, 0.717) is 0 Å². The second-order valence-corrected chi connectivity index (χ2v) is 5.52. The van der Waals surface area contributed by atoms with E-state index in [2.05, 4.69) is 24.5 Å². The fraction of sp³-hybridized carbons (Fsp3) is 0.933. The lowest BCUT2D eigenvalue weighted by atomic mass is 9.89. The molecule has 3 heteroatoms. The molecule has 1 unspecified atom stereocenters. The minimum atomic E-state index is 0.250. The van der Waals surface area contributed by atoms with E-state index in [1.165, 1.54) is 25.7 Å². The Morgan fingerprint density at radius 1 is 1.22 bits per heavy atom. The van der Waals surface area contributed by atoms with E-state index in [4.69, 9.17) is 0 Å². The molecule has 0 saturated heterocycles. The van der Waals surface area contributed by atoms with Gasteiger partial charge in [0.2, 0.25) is 5.91 Å². The molecule has 1 atom stereocenters. The van der Waals surface area contributed by atoms with Crippen LogP contribution in [0.4, 0.5) is 0 Å². The van der Waals surface area contributed by atoms with Gasteiger partial charge >= 0.3 is 0 Å². The van der Waals surface area contributed by atoms with Crippen molar-refractivity contribution in [3.63, 3.8) is 0 Å². The predicted molar refractivity (Wildman–Crippen MR) is 76.5 cm³/mol. The van der Waals surface area contributed by atoms with Crippen LogP contribution in [0.3, 0.4) is 0 Å². The fourth-order valence-corrected chi connectivity index (χ4v) is 2.95. The summed E-state index contributed by atoms with van der Waals surface area (Å²) >= 11 is 0. The van der Waals surface area contributed by atoms with Crippen molar-refractivity contribution in [1.82, 2.24) is 10.6 Å². The van der Waals surface area contributed by atoms with Crippen molar-refractivity contribution in [3.8, 4) is 0 Å². The van der Waals surface area contributed by atoms with Crippen LogP contribution in [0.25, 0.3) is 0 Å². The zero-order valence-corrected chi connectivity index (χ0v) is 12.1. The summed E-state index contributed by atoms with van der Waals surface area (Å²) in [6.45, 7) is 6.87. The average molecular weight is 254 g/mol. The normalized spacial score (nSPS) is 17.9. The van der Waals surface area contributed by atoms with Gasteiger partial charge in [-0.05, 0) is 25.3 Å². The first-order valence-electron chi connectivity index (χ1n) is 7.76. The fourth-order valence-electron chi connectivity index (χ4n) is 2.95. The van der Waals surface area contributed by atoms with Gasteiger partial charge in [0.15, 0.2) is 0 Å². The molecule has 0 aromatic heterocycles. The van der Waals surface area contributed by atoms with Crippen LogP contribution in [0.15, 0.2) is 0 Å². The number of hydrogen-bond acceptors (Lipinski definition) is 2. The summed E-state index contributed by atoms with van der Waals surface area (Å²) in [5.41, 5.74) is 0. The summed E-state index contributed by atoms with van der Waals surface area (Å²) in [7, 11) is 0. The van der Waals surface area contributed by atoms with E-state index < -0.39 is 0 Å². The first-order chi connectivity index (χ1) is 8.77. The summed E-state index contributed by atoms with van der Waals surface area (Å²) in [6, 6.07) is 0. The maximum Gasteiger partial charge on any atom is 0.223 e. The first-order valence-corrected chi connectivity index (χ1v) is 7.76. The van der Waals surface area contributed by atoms with Crippen LogP contribution in [-0.2, 0) is 4.79 Å². The molecule has 0 radical (unpaired) electrons. The van der Waals surface area contributed by atoms with Crippen LogP contribution in [-0.4, -0.2) is 25.5 Å². The lowest BCUT2D eigenvalue weighted by Gasteiger charge is -2.19. The van der Waals surface area contributed by atoms with Gasteiger partial charge in [-0.25, -0.2) is 0 Å². The van der Waals surface area contributed by atoms with Crippen LogP contribution >= 0.6 is 0 Å². The third kappa shape index (κ3) is 5.85. The highest BCUT2D eigenvalue weighted by Crippen LogP contribution is 2.31. The number of hydrogen-bond donors (Lipinski definition) is 2. The second kappa shape index (κ2) is 9.37. The third-order valence-corrected chi connectivity index (χ3v) is 3.95. The van der Waals surface area contributed by atoms with Crippen molar-refractivity contribution >= 4 is 5.91 Å². The van der Waals surface area contributed by atoms with Crippen LogP contribution in [0.2, 0.25) is 0 Å². The molecule has 18 heavy (non-hydrogen) atoms. The molecule has 3 nitrogen and oxygen atoms in total. The van der Waals surface area contributed by atoms with Crippen LogP contribution in [0, 0.1) is 11.8 Å². The van der Waals surface area contributed by atoms with Gasteiger partial charge in [0.25, 0.3) is 0 Å². The third-order valence-electron chi connectivity index (χ3n) is 3.95. The maximum absolute atomic E-state index is 12.1. The smallest absolute Gasteiger partial charge is 0.223 e. The quantitative estimate of drug-likeness (QED) is 0.621. The highest BCUT2D eigenvalue weighted by atomic mass is 16.1. The molecule has 1 fully saturated rings. The molecular formula is C15H30N2O. The summed E-state index contributed by atoms with van der Waals surface area (Å²) in [4.78, 5) is 12.1. The van der Waals surface area contributed by atoms with E-state index in [-0.39, 0.29) is 11.8 Å². The van der Waals surface area contributed by atoms with Gasteiger partial charge < -0.3 is 10.6 Å². The van der Waals surface area contributed by atoms with E-state index in [1.807, 2.05) is 0 Å². The number of amides is 1. The molecular weight excluding hydrogens is 224 g/mol. The number of carbonyl (C=O) groups excluding carboxylic acids is 1. The van der Waals surface area contributed by atoms with Gasteiger partial charge in [-0.3, -0.25) is 4.79 Å². The highest BCUT2D eigenvalue weighted by molar-refractivity contribution is 5.78. The van der Waals surface area contributed by atoms with E-state index in [1.54, 1.807) is 0 Å². The van der Waals surface area contributed by atoms with Gasteiger partial charge in [0.1, 0.15) is 0 Å². The van der Waals surface area contributed by atoms with Gasteiger partial charge in [-0.15, -0.1) is 0 Å². The van der Waals surface area contributed by atoms with Crippen molar-refractivity contribution in [2.75, 3.05) is 19.6 Å². The van der Waals surface area contributed by atoms with Gasteiger partial charge in [-0.1, -0.05) is 46.0 Å². The number of rotatable bonds is 9. The van der Waals surface area contributed by atoms with Crippen molar-refractivity contribution in [1.29, 1.82) is 0 Å². The van der Waals surface area contributed by atoms with Crippen LogP contribution in [0.1, 0.15) is 58.8 Å². The van der Waals surface area contributed by atoms with Crippen molar-refractivity contribution in [2.45, 2.75) is 58.8 Å². The molecule has 1 amide bonds. The Hall–Kier alpha value is -0.570. The van der Waals surface area contributed by atoms with E-state index in [9.17, 15) is 4.79 Å². The molecule has 0 bridgehead atoms. The Bertz CT molecular complexity index is 225. The summed E-state index contributed by atoms with van der Waals surface area (Å²) in [5, 5.41) is 6.31. The zero-order chi connectivity index (χ0) is 13.2. The lowest BCUT2D eigenvalue weighted by Crippen LogP contribution is -2.36. The lowest BCUT2D eigenvalue weighted by molar-refractivity contribution is -0.125. The van der Waals surface area contributed by atoms with Gasteiger partial charge in [0, 0.05) is 19.0 Å². The molecule has 1 saturated carbocycles. The Balaban J connectivity index is 2.27. The molecule has 0 heterocycles. The van der Waals surface area contributed by atoms with Crippen molar-refractivity contribution in [3.05, 3.63) is 0 Å². The summed E-state index contributed by atoms with van der Waals surface area (Å²) in [5.74, 6) is 1.34. The SMILES string of the molecule is CCCC(CC1CCCC1)C(=O)NCCNCC. The highest BCUT2D eigenvalue weighted by Gasteiger charge is 2.24. The van der Waals surface area contributed by atoms with Crippen LogP contribution < -0.4 is 10.6 Å².